The first-order valence-corrected chi connectivity index (χ1v) is 8.82. The third-order valence-electron chi connectivity index (χ3n) is 4.85. The molecule has 2 atom stereocenters. The number of carbonyl (C=O) groups excluding carboxylic acids is 1. The molecule has 0 bridgehead atoms. The monoisotopic (exact) mass is 391 g/mol. The molecule has 1 aliphatic heterocycles. The van der Waals surface area contributed by atoms with Gasteiger partial charge < -0.3 is 10.2 Å². The Balaban J connectivity index is 1.98. The van der Waals surface area contributed by atoms with E-state index >= 15 is 0 Å². The average molecular weight is 391 g/mol. The van der Waals surface area contributed by atoms with E-state index in [1.54, 1.807) is 12.1 Å². The van der Waals surface area contributed by atoms with Crippen LogP contribution in [-0.4, -0.2) is 40.4 Å². The van der Waals surface area contributed by atoms with Gasteiger partial charge in [-0.3, -0.25) is 4.79 Å². The van der Waals surface area contributed by atoms with Crippen molar-refractivity contribution in [3.8, 4) is 6.07 Å². The molecule has 1 aliphatic rings. The maximum absolute atomic E-state index is 13.7. The molecule has 0 spiro atoms. The summed E-state index contributed by atoms with van der Waals surface area (Å²) in [6.45, 7) is 2.09. The predicted molar refractivity (Wildman–Crippen MR) is 96.7 cm³/mol. The molecule has 0 radical (unpaired) electrons. The second kappa shape index (κ2) is 7.54. The number of benzene rings is 1. The van der Waals surface area contributed by atoms with Gasteiger partial charge in [0, 0.05) is 20.0 Å². The number of hydrogen-bond acceptors (Lipinski definition) is 4. The number of nitrogens with one attached hydrogen (secondary N) is 1. The van der Waals surface area contributed by atoms with E-state index in [1.165, 1.54) is 11.9 Å². The molecule has 6 nitrogen and oxygen atoms in total. The smallest absolute Gasteiger partial charge is 0.363 e. The third kappa shape index (κ3) is 3.81. The molecule has 9 heteroatoms. The molecule has 148 valence electrons. The van der Waals surface area contributed by atoms with Crippen molar-refractivity contribution >= 4 is 11.7 Å². The minimum Gasteiger partial charge on any atom is -0.363 e. The SMILES string of the molecule is Cc1ccc([C@@H]2C[C@H](C(F)(F)F)n3ncc(C(=O)N(C)CCC#N)c3N2)cc1. The number of aryl methyl sites for hydroxylation is 1. The Bertz CT molecular complexity index is 898. The zero-order valence-electron chi connectivity index (χ0n) is 15.5. The van der Waals surface area contributed by atoms with Crippen molar-refractivity contribution in [1.29, 1.82) is 5.26 Å². The van der Waals surface area contributed by atoms with Gasteiger partial charge in [-0.05, 0) is 12.5 Å². The molecule has 0 unspecified atom stereocenters. The summed E-state index contributed by atoms with van der Waals surface area (Å²) in [5.41, 5.74) is 1.78. The van der Waals surface area contributed by atoms with Gasteiger partial charge in [0.05, 0.1) is 24.7 Å². The number of aromatic nitrogens is 2. The van der Waals surface area contributed by atoms with Crippen LogP contribution in [0.15, 0.2) is 30.5 Å². The van der Waals surface area contributed by atoms with E-state index in [0.717, 1.165) is 16.4 Å². The van der Waals surface area contributed by atoms with Crippen molar-refractivity contribution in [1.82, 2.24) is 14.7 Å². The second-order valence-corrected chi connectivity index (χ2v) is 6.89. The average Bonchev–Trinajstić information content (AvgIpc) is 3.08. The van der Waals surface area contributed by atoms with Gasteiger partial charge >= 0.3 is 6.18 Å². The lowest BCUT2D eigenvalue weighted by Crippen LogP contribution is -2.36. The van der Waals surface area contributed by atoms with Crippen LogP contribution in [0.2, 0.25) is 0 Å². The first-order chi connectivity index (χ1) is 13.2. The first-order valence-electron chi connectivity index (χ1n) is 8.82. The highest BCUT2D eigenvalue weighted by molar-refractivity contribution is 5.98. The van der Waals surface area contributed by atoms with Crippen molar-refractivity contribution in [3.05, 3.63) is 47.2 Å². The van der Waals surface area contributed by atoms with Crippen LogP contribution in [0.3, 0.4) is 0 Å². The van der Waals surface area contributed by atoms with E-state index in [1.807, 2.05) is 25.1 Å². The van der Waals surface area contributed by atoms with Crippen LogP contribution in [0.25, 0.3) is 0 Å². The van der Waals surface area contributed by atoms with Gasteiger partial charge in [0.15, 0.2) is 6.04 Å². The van der Waals surface area contributed by atoms with Crippen molar-refractivity contribution in [2.24, 2.45) is 0 Å². The maximum Gasteiger partial charge on any atom is 0.410 e. The van der Waals surface area contributed by atoms with Crippen LogP contribution in [-0.2, 0) is 0 Å². The fraction of sp³-hybridized carbons (Fsp3) is 0.421. The predicted octanol–water partition coefficient (Wildman–Crippen LogP) is 3.84. The minimum atomic E-state index is -4.50. The van der Waals surface area contributed by atoms with E-state index in [0.29, 0.717) is 5.56 Å². The zero-order valence-corrected chi connectivity index (χ0v) is 15.5. The second-order valence-electron chi connectivity index (χ2n) is 6.89. The lowest BCUT2D eigenvalue weighted by Gasteiger charge is -2.34. The highest BCUT2D eigenvalue weighted by Gasteiger charge is 2.47. The molecule has 0 aliphatic carbocycles. The number of nitriles is 1. The van der Waals surface area contributed by atoms with Crippen molar-refractivity contribution in [3.63, 3.8) is 0 Å². The Labute approximate surface area is 160 Å². The summed E-state index contributed by atoms with van der Waals surface area (Å²) in [5.74, 6) is -0.428. The van der Waals surface area contributed by atoms with E-state index < -0.39 is 24.2 Å². The zero-order chi connectivity index (χ0) is 20.5. The lowest BCUT2D eigenvalue weighted by atomic mass is 9.96. The van der Waals surface area contributed by atoms with E-state index in [4.69, 9.17) is 5.26 Å². The summed E-state index contributed by atoms with van der Waals surface area (Å²) >= 11 is 0. The van der Waals surface area contributed by atoms with Gasteiger partial charge in [-0.1, -0.05) is 29.8 Å². The van der Waals surface area contributed by atoms with E-state index in [-0.39, 0.29) is 30.8 Å². The summed E-state index contributed by atoms with van der Waals surface area (Å²) < 4.78 is 41.9. The maximum atomic E-state index is 13.7. The Morgan fingerprint density at radius 2 is 2.07 bits per heavy atom. The largest absolute Gasteiger partial charge is 0.410 e. The van der Waals surface area contributed by atoms with Gasteiger partial charge in [-0.15, -0.1) is 0 Å². The molecular weight excluding hydrogens is 371 g/mol. The fourth-order valence-corrected chi connectivity index (χ4v) is 3.26. The topological polar surface area (TPSA) is 74.0 Å². The minimum absolute atomic E-state index is 0.0490. The quantitative estimate of drug-likeness (QED) is 0.860. The van der Waals surface area contributed by atoms with Crippen molar-refractivity contribution < 1.29 is 18.0 Å². The van der Waals surface area contributed by atoms with Crippen LogP contribution < -0.4 is 5.32 Å². The number of halogens is 3. The van der Waals surface area contributed by atoms with Crippen LogP contribution in [0.4, 0.5) is 19.0 Å². The Morgan fingerprint density at radius 1 is 1.39 bits per heavy atom. The van der Waals surface area contributed by atoms with Crippen LogP contribution in [0.5, 0.6) is 0 Å². The Kier molecular flexibility index (Phi) is 5.31. The fourth-order valence-electron chi connectivity index (χ4n) is 3.26. The standard InChI is InChI=1S/C19H20F3N5O/c1-12-4-6-13(7-5-12)15-10-16(19(20,21)22)27-17(25-15)14(11-24-27)18(28)26(2)9-3-8-23/h4-7,11,15-16,25H,3,9-10H2,1-2H3/t15-,16+/m0/s1. The molecule has 1 aromatic carbocycles. The van der Waals surface area contributed by atoms with E-state index in [9.17, 15) is 18.0 Å². The highest BCUT2D eigenvalue weighted by Crippen LogP contribution is 2.44. The number of fused-ring (bicyclic) bond motifs is 1. The first kappa shape index (κ1) is 19.7. The van der Waals surface area contributed by atoms with Gasteiger partial charge in [0.25, 0.3) is 5.91 Å². The molecule has 1 amide bonds. The normalized spacial score (nSPS) is 18.7. The molecule has 0 fully saturated rings. The van der Waals surface area contributed by atoms with Gasteiger partial charge in [0.1, 0.15) is 11.4 Å². The third-order valence-corrected chi connectivity index (χ3v) is 4.85. The number of anilines is 1. The molecule has 1 aromatic heterocycles. The molecule has 2 aromatic rings. The molecule has 0 saturated carbocycles. The van der Waals surface area contributed by atoms with Gasteiger partial charge in [-0.25, -0.2) is 4.68 Å². The number of carbonyl (C=O) groups is 1. The lowest BCUT2D eigenvalue weighted by molar-refractivity contribution is -0.173. The number of nitrogens with zero attached hydrogens (tertiary/aromatic N) is 4. The van der Waals surface area contributed by atoms with E-state index in [2.05, 4.69) is 10.4 Å². The Hall–Kier alpha value is -3.02. The molecule has 2 heterocycles. The molecule has 1 N–H and O–H groups in total. The number of alkyl halides is 3. The molecule has 0 saturated heterocycles. The van der Waals surface area contributed by atoms with Crippen molar-refractivity contribution in [2.45, 2.75) is 38.0 Å². The van der Waals surface area contributed by atoms with Gasteiger partial charge in [-0.2, -0.15) is 23.5 Å². The Morgan fingerprint density at radius 3 is 2.68 bits per heavy atom. The molecule has 28 heavy (non-hydrogen) atoms. The summed E-state index contributed by atoms with van der Waals surface area (Å²) in [5, 5.41) is 15.6. The number of rotatable bonds is 4. The van der Waals surface area contributed by atoms with Crippen molar-refractivity contribution in [2.75, 3.05) is 18.9 Å². The number of hydrogen-bond donors (Lipinski definition) is 1. The summed E-state index contributed by atoms with van der Waals surface area (Å²) in [6, 6.07) is 6.76. The van der Waals surface area contributed by atoms with Gasteiger partial charge in [0.2, 0.25) is 0 Å². The summed E-state index contributed by atoms with van der Waals surface area (Å²) in [6.07, 6.45) is -3.43. The molecular formula is C19H20F3N5O. The van der Waals surface area contributed by atoms with Crippen LogP contribution >= 0.6 is 0 Å². The van der Waals surface area contributed by atoms with Crippen LogP contribution in [0.1, 0.15) is 46.4 Å². The summed E-state index contributed by atoms with van der Waals surface area (Å²) in [7, 11) is 1.51. The summed E-state index contributed by atoms with van der Waals surface area (Å²) in [4.78, 5) is 14.0. The van der Waals surface area contributed by atoms with Crippen LogP contribution in [0, 0.1) is 18.3 Å². The highest BCUT2D eigenvalue weighted by atomic mass is 19.4. The number of amides is 1. The molecule has 3 rings (SSSR count).